The average Bonchev–Trinajstić information content (AvgIpc) is 0.722. The standard InChI is InChI=1S/H3O2PS2.H2S.Zn/c1-3(2,4)5;;/h(H3,1,2,4,5);1H2;. The Hall–Kier alpha value is 1.89. The van der Waals surface area contributed by atoms with E-state index in [1.165, 1.54) is 0 Å². The molecule has 0 saturated heterocycles. The van der Waals surface area contributed by atoms with Gasteiger partial charge in [-0.25, -0.2) is 0 Å². The Balaban J connectivity index is -0.0000000800. The topological polar surface area (TPSA) is 40.5 Å². The fraction of sp³-hybridized carbons (Fsp3) is 0. The monoisotopic (exact) mass is 228 g/mol. The molecule has 0 radical (unpaired) electrons. The van der Waals surface area contributed by atoms with E-state index in [9.17, 15) is 0 Å². The van der Waals surface area contributed by atoms with Gasteiger partial charge in [0.1, 0.15) is 0 Å². The molecular weight excluding hydrogens is 225 g/mol. The summed E-state index contributed by atoms with van der Waals surface area (Å²) in [4.78, 5) is 15.7. The molecule has 0 aliphatic rings. The second-order valence-corrected chi connectivity index (χ2v) is 5.55. The molecule has 0 bridgehead atoms. The van der Waals surface area contributed by atoms with Gasteiger partial charge in [0.2, 0.25) is 5.69 Å². The van der Waals surface area contributed by atoms with Crippen molar-refractivity contribution < 1.29 is 29.3 Å². The van der Waals surface area contributed by atoms with E-state index >= 15 is 0 Å². The molecule has 0 fully saturated rings. The average molecular weight is 230 g/mol. The molecule has 0 aliphatic heterocycles. The van der Waals surface area contributed by atoms with Crippen LogP contribution in [0.5, 0.6) is 0 Å². The van der Waals surface area contributed by atoms with Crippen molar-refractivity contribution in [1.82, 2.24) is 0 Å². The van der Waals surface area contributed by atoms with E-state index in [0.717, 1.165) is 0 Å². The van der Waals surface area contributed by atoms with Crippen molar-refractivity contribution in [3.05, 3.63) is 0 Å². The van der Waals surface area contributed by atoms with E-state index in [-0.39, 0.29) is 33.0 Å². The summed E-state index contributed by atoms with van der Waals surface area (Å²) in [6.07, 6.45) is 0. The second kappa shape index (κ2) is 6.02. The summed E-state index contributed by atoms with van der Waals surface area (Å²) >= 11 is 7.07. The Kier molecular flexibility index (Phi) is 13.7. The number of hydrogen-bond acceptors (Lipinski definition) is 1. The first-order chi connectivity index (χ1) is 2.00. The molecule has 0 unspecified atom stereocenters. The van der Waals surface area contributed by atoms with Gasteiger partial charge in [-0.2, -0.15) is 13.5 Å². The van der Waals surface area contributed by atoms with Crippen LogP contribution in [0, 0.1) is 0 Å². The molecule has 0 amide bonds. The summed E-state index contributed by atoms with van der Waals surface area (Å²) in [5.41, 5.74) is -3.11. The summed E-state index contributed by atoms with van der Waals surface area (Å²) in [6, 6.07) is 0. The maximum atomic E-state index is 7.87. The van der Waals surface area contributed by atoms with Crippen LogP contribution in [0.1, 0.15) is 0 Å². The zero-order valence-corrected chi connectivity index (χ0v) is 9.98. The minimum absolute atomic E-state index is 0. The van der Waals surface area contributed by atoms with Crippen molar-refractivity contribution in [1.29, 1.82) is 0 Å². The van der Waals surface area contributed by atoms with Crippen LogP contribution >= 0.6 is 31.4 Å². The molecule has 0 aromatic heterocycles. The van der Waals surface area contributed by atoms with Gasteiger partial charge in [0.05, 0.1) is 0 Å². The maximum absolute atomic E-state index is 7.87. The molecule has 7 heteroatoms. The fourth-order valence-corrected chi connectivity index (χ4v) is 0. The number of hydrogen-bond donors (Lipinski definition) is 3. The molecule has 0 aromatic carbocycles. The predicted octanol–water partition coefficient (Wildman–Crippen LogP) is 0.236. The zero-order chi connectivity index (χ0) is 4.50. The van der Waals surface area contributed by atoms with E-state index in [1.807, 2.05) is 0 Å². The molecule has 0 saturated carbocycles. The molecular formula is H5O2PS3Zn. The molecule has 0 rings (SSSR count). The summed E-state index contributed by atoms with van der Waals surface area (Å²) in [7, 11) is 0. The molecule has 0 spiro atoms. The van der Waals surface area contributed by atoms with Gasteiger partial charge in [0, 0.05) is 19.5 Å². The summed E-state index contributed by atoms with van der Waals surface area (Å²) in [5, 5.41) is 0. The molecule has 2 N–H and O–H groups in total. The first kappa shape index (κ1) is 16.0. The number of rotatable bonds is 0. The Morgan fingerprint density at radius 3 is 1.43 bits per heavy atom. The van der Waals surface area contributed by atoms with Gasteiger partial charge < -0.3 is 9.79 Å². The fourth-order valence-electron chi connectivity index (χ4n) is 0. The largest absolute Gasteiger partial charge is 0.338 e. The first-order valence-corrected chi connectivity index (χ1v) is 4.64. The Bertz CT molecular complexity index is 59.1. The van der Waals surface area contributed by atoms with Crippen molar-refractivity contribution in [2.75, 3.05) is 0 Å². The van der Waals surface area contributed by atoms with Gasteiger partial charge in [0.25, 0.3) is 0 Å². The van der Waals surface area contributed by atoms with Gasteiger partial charge in [-0.3, -0.25) is 0 Å². The molecule has 0 aromatic rings. The van der Waals surface area contributed by atoms with Crippen molar-refractivity contribution in [2.45, 2.75) is 0 Å². The van der Waals surface area contributed by atoms with Crippen LogP contribution in [0.2, 0.25) is 0 Å². The molecule has 2 nitrogen and oxygen atoms in total. The second-order valence-electron chi connectivity index (χ2n) is 0.513. The van der Waals surface area contributed by atoms with Crippen LogP contribution < -0.4 is 0 Å². The Morgan fingerprint density at radius 2 is 1.43 bits per heavy atom. The molecule has 0 aliphatic carbocycles. The molecule has 7 heavy (non-hydrogen) atoms. The van der Waals surface area contributed by atoms with Gasteiger partial charge >= 0.3 is 0 Å². The van der Waals surface area contributed by atoms with Crippen LogP contribution in [0.4, 0.5) is 0 Å². The maximum Gasteiger partial charge on any atom is 0.239 e. The van der Waals surface area contributed by atoms with Crippen molar-refractivity contribution in [3.63, 3.8) is 0 Å². The van der Waals surface area contributed by atoms with Crippen LogP contribution in [-0.2, 0) is 31.3 Å². The van der Waals surface area contributed by atoms with Crippen LogP contribution in [-0.4, -0.2) is 9.79 Å². The van der Waals surface area contributed by atoms with E-state index < -0.39 is 5.69 Å². The van der Waals surface area contributed by atoms with Gasteiger partial charge in [-0.15, -0.1) is 0 Å². The Labute approximate surface area is 72.2 Å². The van der Waals surface area contributed by atoms with Gasteiger partial charge in [-0.05, 0) is 11.8 Å². The van der Waals surface area contributed by atoms with E-state index in [2.05, 4.69) is 24.1 Å². The van der Waals surface area contributed by atoms with Crippen LogP contribution in [0.3, 0.4) is 0 Å². The van der Waals surface area contributed by atoms with Gasteiger partial charge in [0.15, 0.2) is 0 Å². The first-order valence-electron chi connectivity index (χ1n) is 0.783. The Morgan fingerprint density at radius 1 is 1.43 bits per heavy atom. The molecule has 0 heterocycles. The summed E-state index contributed by atoms with van der Waals surface area (Å²) in [5.74, 6) is 0. The summed E-state index contributed by atoms with van der Waals surface area (Å²) < 4.78 is 0. The van der Waals surface area contributed by atoms with Crippen LogP contribution in [0.25, 0.3) is 0 Å². The smallest absolute Gasteiger partial charge is 0.239 e. The van der Waals surface area contributed by atoms with E-state index in [4.69, 9.17) is 9.79 Å². The summed E-state index contributed by atoms with van der Waals surface area (Å²) in [6.45, 7) is 0. The van der Waals surface area contributed by atoms with Crippen molar-refractivity contribution >= 4 is 43.2 Å². The third-order valence-corrected chi connectivity index (χ3v) is 0. The predicted molar refractivity (Wildman–Crippen MR) is 38.1 cm³/mol. The van der Waals surface area contributed by atoms with Crippen LogP contribution in [0.15, 0.2) is 0 Å². The minimum atomic E-state index is -3.11. The third-order valence-electron chi connectivity index (χ3n) is 0. The SMILES string of the molecule is OP(O)(=S)S.S.[Zn]. The van der Waals surface area contributed by atoms with Crippen molar-refractivity contribution in [2.24, 2.45) is 0 Å². The zero-order valence-electron chi connectivity index (χ0n) is 3.40. The quantitative estimate of drug-likeness (QED) is 0.317. The van der Waals surface area contributed by atoms with Crippen molar-refractivity contribution in [3.8, 4) is 0 Å². The third kappa shape index (κ3) is 76.5. The van der Waals surface area contributed by atoms with E-state index in [1.54, 1.807) is 0 Å². The minimum Gasteiger partial charge on any atom is -0.338 e. The van der Waals surface area contributed by atoms with E-state index in [0.29, 0.717) is 0 Å². The molecule has 0 atom stereocenters. The number of thiol groups is 1. The molecule has 42 valence electrons. The normalized spacial score (nSPS) is 8.43. The van der Waals surface area contributed by atoms with Gasteiger partial charge in [-0.1, -0.05) is 12.2 Å².